The Kier molecular flexibility index (Phi) is 1.86. The van der Waals surface area contributed by atoms with E-state index in [-0.39, 0.29) is 0 Å². The van der Waals surface area contributed by atoms with Gasteiger partial charge in [0.25, 0.3) is 0 Å². The molecule has 0 bridgehead atoms. The lowest BCUT2D eigenvalue weighted by Gasteiger charge is -2.18. The van der Waals surface area contributed by atoms with E-state index in [1.165, 1.54) is 0 Å². The average molecular weight is 162 g/mol. The van der Waals surface area contributed by atoms with Gasteiger partial charge < -0.3 is 0 Å². The van der Waals surface area contributed by atoms with Crippen molar-refractivity contribution in [3.05, 3.63) is 11.1 Å². The van der Waals surface area contributed by atoms with Crippen molar-refractivity contribution >= 4 is 18.2 Å². The molecule has 2 aliphatic rings. The average Bonchev–Trinajstić information content (AvgIpc) is 2.17. The molecule has 0 spiro atoms. The molecule has 1 heterocycles. The van der Waals surface area contributed by atoms with Gasteiger partial charge in [-0.15, -0.1) is 0 Å². The highest BCUT2D eigenvalue weighted by atomic mass is 16.1. The van der Waals surface area contributed by atoms with E-state index in [0.717, 1.165) is 42.4 Å². The Morgan fingerprint density at radius 1 is 1.42 bits per heavy atom. The van der Waals surface area contributed by atoms with Crippen molar-refractivity contribution in [2.24, 2.45) is 9.98 Å². The lowest BCUT2D eigenvalue weighted by molar-refractivity contribution is -0.105. The molecule has 0 aromatic rings. The first-order chi connectivity index (χ1) is 5.92. The van der Waals surface area contributed by atoms with Crippen LogP contribution in [-0.2, 0) is 4.79 Å². The first-order valence-electron chi connectivity index (χ1n) is 4.13. The quantitative estimate of drug-likeness (QED) is 0.533. The molecular formula is C9H10N2O. The summed E-state index contributed by atoms with van der Waals surface area (Å²) in [4.78, 5) is 18.9. The van der Waals surface area contributed by atoms with Crippen molar-refractivity contribution in [2.45, 2.75) is 19.3 Å². The van der Waals surface area contributed by atoms with Gasteiger partial charge in [0.2, 0.25) is 0 Å². The van der Waals surface area contributed by atoms with Crippen LogP contribution in [0.15, 0.2) is 21.1 Å². The second-order valence-corrected chi connectivity index (χ2v) is 2.97. The van der Waals surface area contributed by atoms with Crippen molar-refractivity contribution in [3.63, 3.8) is 0 Å². The fourth-order valence-electron chi connectivity index (χ4n) is 1.60. The summed E-state index contributed by atoms with van der Waals surface area (Å²) in [5, 5.41) is 0. The summed E-state index contributed by atoms with van der Waals surface area (Å²) in [5.41, 5.74) is 2.91. The van der Waals surface area contributed by atoms with E-state index in [9.17, 15) is 4.79 Å². The number of hydrogen-bond donors (Lipinski definition) is 0. The van der Waals surface area contributed by atoms with Crippen LogP contribution in [0.2, 0.25) is 0 Å². The highest BCUT2D eigenvalue weighted by Crippen LogP contribution is 2.21. The predicted molar refractivity (Wildman–Crippen MR) is 47.7 cm³/mol. The van der Waals surface area contributed by atoms with Crippen molar-refractivity contribution < 1.29 is 4.79 Å². The Hall–Kier alpha value is -1.25. The molecular weight excluding hydrogens is 152 g/mol. The number of allylic oxidation sites excluding steroid dienone is 2. The van der Waals surface area contributed by atoms with E-state index in [0.29, 0.717) is 6.67 Å². The van der Waals surface area contributed by atoms with Crippen LogP contribution in [0, 0.1) is 0 Å². The molecule has 0 atom stereocenters. The minimum atomic E-state index is 0.533. The lowest BCUT2D eigenvalue weighted by atomic mass is 9.91. The van der Waals surface area contributed by atoms with E-state index in [2.05, 4.69) is 9.98 Å². The standard InChI is InChI=1S/C9H10N2O/c12-5-7-2-1-3-9-8(7)4-10-6-11-9/h4-5H,1-3,6H2. The highest BCUT2D eigenvalue weighted by Gasteiger charge is 2.17. The van der Waals surface area contributed by atoms with Gasteiger partial charge in [0.1, 0.15) is 13.0 Å². The highest BCUT2D eigenvalue weighted by molar-refractivity contribution is 6.20. The Labute approximate surface area is 70.9 Å². The predicted octanol–water partition coefficient (Wildman–Crippen LogP) is 1.15. The molecule has 0 radical (unpaired) electrons. The van der Waals surface area contributed by atoms with Gasteiger partial charge in [0.05, 0.1) is 0 Å². The number of aliphatic imine (C=N–C) groups is 2. The van der Waals surface area contributed by atoms with Crippen LogP contribution >= 0.6 is 0 Å². The maximum atomic E-state index is 10.6. The van der Waals surface area contributed by atoms with E-state index in [4.69, 9.17) is 0 Å². The monoisotopic (exact) mass is 162 g/mol. The molecule has 0 unspecified atom stereocenters. The lowest BCUT2D eigenvalue weighted by Crippen LogP contribution is -2.17. The molecule has 0 aromatic heterocycles. The first-order valence-corrected chi connectivity index (χ1v) is 4.13. The number of carbonyl (C=O) groups excluding carboxylic acids is 1. The van der Waals surface area contributed by atoms with Crippen molar-refractivity contribution in [1.29, 1.82) is 0 Å². The molecule has 1 aliphatic carbocycles. The molecule has 1 aliphatic heterocycles. The Morgan fingerprint density at radius 2 is 2.33 bits per heavy atom. The molecule has 0 amide bonds. The third-order valence-electron chi connectivity index (χ3n) is 2.22. The number of hydrogen-bond acceptors (Lipinski definition) is 3. The van der Waals surface area contributed by atoms with E-state index >= 15 is 0 Å². The van der Waals surface area contributed by atoms with Crippen LogP contribution in [0.4, 0.5) is 0 Å². The molecule has 0 N–H and O–H groups in total. The van der Waals surface area contributed by atoms with Gasteiger partial charge in [-0.1, -0.05) is 0 Å². The number of rotatable bonds is 1. The van der Waals surface area contributed by atoms with Gasteiger partial charge in [-0.2, -0.15) is 0 Å². The van der Waals surface area contributed by atoms with Gasteiger partial charge in [-0.25, -0.2) is 0 Å². The number of nitrogens with zero attached hydrogens (tertiary/aromatic N) is 2. The van der Waals surface area contributed by atoms with Crippen molar-refractivity contribution in [2.75, 3.05) is 6.67 Å². The van der Waals surface area contributed by atoms with Gasteiger partial charge in [0, 0.05) is 23.1 Å². The number of carbonyl (C=O) groups is 1. The minimum Gasteiger partial charge on any atom is -0.298 e. The third-order valence-corrected chi connectivity index (χ3v) is 2.22. The second kappa shape index (κ2) is 3.01. The maximum Gasteiger partial charge on any atom is 0.146 e. The molecule has 62 valence electrons. The Balaban J connectivity index is 2.44. The molecule has 0 fully saturated rings. The van der Waals surface area contributed by atoms with Crippen molar-refractivity contribution in [1.82, 2.24) is 0 Å². The zero-order chi connectivity index (χ0) is 8.39. The smallest absolute Gasteiger partial charge is 0.146 e. The zero-order valence-electron chi connectivity index (χ0n) is 6.79. The number of aldehydes is 1. The normalized spacial score (nSPS) is 21.8. The van der Waals surface area contributed by atoms with Gasteiger partial charge in [0.15, 0.2) is 0 Å². The minimum absolute atomic E-state index is 0.533. The summed E-state index contributed by atoms with van der Waals surface area (Å²) in [6.45, 7) is 0.533. The van der Waals surface area contributed by atoms with E-state index in [1.807, 2.05) is 0 Å². The summed E-state index contributed by atoms with van der Waals surface area (Å²) in [6, 6.07) is 0. The molecule has 0 saturated heterocycles. The van der Waals surface area contributed by atoms with E-state index in [1.54, 1.807) is 6.21 Å². The SMILES string of the molecule is O=CC1=C2C=NCN=C2CCC1. The zero-order valence-corrected chi connectivity index (χ0v) is 6.79. The first kappa shape index (κ1) is 7.40. The summed E-state index contributed by atoms with van der Waals surface area (Å²) < 4.78 is 0. The summed E-state index contributed by atoms with van der Waals surface area (Å²) in [7, 11) is 0. The third kappa shape index (κ3) is 1.11. The Bertz CT molecular complexity index is 300. The molecule has 0 aromatic carbocycles. The summed E-state index contributed by atoms with van der Waals surface area (Å²) >= 11 is 0. The van der Waals surface area contributed by atoms with Crippen LogP contribution in [0.1, 0.15) is 19.3 Å². The van der Waals surface area contributed by atoms with Gasteiger partial charge in [-0.3, -0.25) is 14.8 Å². The fourth-order valence-corrected chi connectivity index (χ4v) is 1.60. The van der Waals surface area contributed by atoms with Crippen LogP contribution in [0.5, 0.6) is 0 Å². The summed E-state index contributed by atoms with van der Waals surface area (Å²) in [5.74, 6) is 0. The molecule has 12 heavy (non-hydrogen) atoms. The fraction of sp³-hybridized carbons (Fsp3) is 0.444. The molecule has 0 saturated carbocycles. The van der Waals surface area contributed by atoms with Crippen molar-refractivity contribution in [3.8, 4) is 0 Å². The summed E-state index contributed by atoms with van der Waals surface area (Å²) in [6.07, 6.45) is 5.64. The molecule has 3 nitrogen and oxygen atoms in total. The molecule has 2 rings (SSSR count). The topological polar surface area (TPSA) is 41.8 Å². The van der Waals surface area contributed by atoms with Gasteiger partial charge in [-0.05, 0) is 19.3 Å². The van der Waals surface area contributed by atoms with E-state index < -0.39 is 0 Å². The second-order valence-electron chi connectivity index (χ2n) is 2.97. The van der Waals surface area contributed by atoms with Gasteiger partial charge >= 0.3 is 0 Å². The van der Waals surface area contributed by atoms with Crippen LogP contribution < -0.4 is 0 Å². The van der Waals surface area contributed by atoms with Crippen LogP contribution in [0.3, 0.4) is 0 Å². The Morgan fingerprint density at radius 3 is 3.17 bits per heavy atom. The van der Waals surface area contributed by atoms with Crippen LogP contribution in [-0.4, -0.2) is 24.9 Å². The van der Waals surface area contributed by atoms with Crippen LogP contribution in [0.25, 0.3) is 0 Å². The molecule has 3 heteroatoms. The largest absolute Gasteiger partial charge is 0.298 e. The maximum absolute atomic E-state index is 10.6. The number of fused-ring (bicyclic) bond motifs is 1.